The van der Waals surface area contributed by atoms with E-state index < -0.39 is 11.7 Å². The van der Waals surface area contributed by atoms with Gasteiger partial charge in [-0.2, -0.15) is 13.2 Å². The molecule has 12 heteroatoms. The van der Waals surface area contributed by atoms with Crippen LogP contribution in [0.4, 0.5) is 19.1 Å². The summed E-state index contributed by atoms with van der Waals surface area (Å²) < 4.78 is 44.9. The second kappa shape index (κ2) is 9.53. The lowest BCUT2D eigenvalue weighted by molar-refractivity contribution is -0.138. The van der Waals surface area contributed by atoms with Crippen LogP contribution in [0.5, 0.6) is 0 Å². The molecule has 2 aliphatic rings. The number of rotatable bonds is 4. The van der Waals surface area contributed by atoms with Gasteiger partial charge < -0.3 is 10.0 Å². The fraction of sp³-hybridized carbons (Fsp3) is 0.348. The van der Waals surface area contributed by atoms with Crippen LogP contribution in [-0.4, -0.2) is 69.8 Å². The monoisotopic (exact) mass is 568 g/mol. The Morgan fingerprint density at radius 3 is 2.46 bits per heavy atom. The van der Waals surface area contributed by atoms with Crippen LogP contribution in [0.15, 0.2) is 45.9 Å². The van der Waals surface area contributed by atoms with Crippen LogP contribution in [0.25, 0.3) is 5.69 Å². The molecule has 7 nitrogen and oxygen atoms in total. The van der Waals surface area contributed by atoms with Crippen molar-refractivity contribution in [2.45, 2.75) is 12.7 Å². The zero-order chi connectivity index (χ0) is 24.7. The highest BCUT2D eigenvalue weighted by molar-refractivity contribution is 9.10. The Balaban J connectivity index is 1.70. The van der Waals surface area contributed by atoms with E-state index in [-0.39, 0.29) is 28.9 Å². The van der Waals surface area contributed by atoms with E-state index in [0.717, 1.165) is 0 Å². The van der Waals surface area contributed by atoms with E-state index in [1.54, 1.807) is 34.9 Å². The number of nitrogens with zero attached hydrogens (tertiary/aromatic N) is 6. The lowest BCUT2D eigenvalue weighted by Gasteiger charge is -2.35. The van der Waals surface area contributed by atoms with E-state index in [2.05, 4.69) is 36.0 Å². The highest BCUT2D eigenvalue weighted by Crippen LogP contribution is 2.43. The number of alkyl halides is 3. The van der Waals surface area contributed by atoms with Crippen LogP contribution in [0, 0.1) is 0 Å². The molecule has 2 aromatic carbocycles. The number of β-amino-alcohol motifs (C(OH)–C–C–N with tert-alkyl or cyclic N) is 1. The molecule has 2 aliphatic heterocycles. The minimum Gasteiger partial charge on any atom is -0.395 e. The maximum atomic E-state index is 14.4. The van der Waals surface area contributed by atoms with Crippen molar-refractivity contribution in [3.05, 3.63) is 68.4 Å². The van der Waals surface area contributed by atoms with Crippen molar-refractivity contribution in [3.63, 3.8) is 0 Å². The first-order chi connectivity index (χ1) is 16.8. The Labute approximate surface area is 213 Å². The number of aliphatic hydroxyl groups excluding tert-OH is 1. The summed E-state index contributed by atoms with van der Waals surface area (Å²) >= 11 is 9.54. The number of piperazine rings is 1. The summed E-state index contributed by atoms with van der Waals surface area (Å²) in [6, 6.07) is 9.76. The zero-order valence-electron chi connectivity index (χ0n) is 18.4. The molecule has 0 atom stereocenters. The molecule has 1 aromatic heterocycles. The summed E-state index contributed by atoms with van der Waals surface area (Å²) in [7, 11) is 0. The Morgan fingerprint density at radius 2 is 1.77 bits per heavy atom. The molecule has 184 valence electrons. The van der Waals surface area contributed by atoms with Crippen molar-refractivity contribution in [2.75, 3.05) is 44.2 Å². The van der Waals surface area contributed by atoms with Crippen molar-refractivity contribution in [2.24, 2.45) is 4.99 Å². The van der Waals surface area contributed by atoms with Crippen molar-refractivity contribution >= 4 is 39.2 Å². The summed E-state index contributed by atoms with van der Waals surface area (Å²) in [5.41, 5.74) is -0.0301. The highest BCUT2D eigenvalue weighted by Gasteiger charge is 2.40. The van der Waals surface area contributed by atoms with Gasteiger partial charge in [-0.3, -0.25) is 14.5 Å². The molecule has 3 heterocycles. The van der Waals surface area contributed by atoms with Crippen molar-refractivity contribution < 1.29 is 18.3 Å². The minimum atomic E-state index is -4.65. The lowest BCUT2D eigenvalue weighted by Crippen LogP contribution is -2.48. The average Bonchev–Trinajstić information content (AvgIpc) is 3.17. The quantitative estimate of drug-likeness (QED) is 0.511. The molecular formula is C23H21BrClF3N6O. The van der Waals surface area contributed by atoms with Crippen LogP contribution in [0.2, 0.25) is 5.02 Å². The molecular weight excluding hydrogens is 549 g/mol. The van der Waals surface area contributed by atoms with Gasteiger partial charge in [-0.25, -0.2) is 0 Å². The predicted octanol–water partition coefficient (Wildman–Crippen LogP) is 4.17. The third-order valence-corrected chi connectivity index (χ3v) is 7.18. The van der Waals surface area contributed by atoms with Crippen LogP contribution in [-0.2, 0) is 12.7 Å². The van der Waals surface area contributed by atoms with Crippen LogP contribution in [0.3, 0.4) is 0 Å². The Hall–Kier alpha value is -2.47. The van der Waals surface area contributed by atoms with Gasteiger partial charge in [-0.15, -0.1) is 10.2 Å². The molecule has 0 bridgehead atoms. The SMILES string of the molecule is OCCN1CCN(c2nnc3n2-c2ccc(Br)c(C(F)(F)F)c2C(c2ccccc2Cl)=NC3)CC1. The number of halogens is 5. The normalized spacial score (nSPS) is 16.5. The molecule has 1 fully saturated rings. The van der Waals surface area contributed by atoms with Gasteiger partial charge in [0.15, 0.2) is 5.82 Å². The Morgan fingerprint density at radius 1 is 1.03 bits per heavy atom. The third-order valence-electron chi connectivity index (χ3n) is 6.19. The molecule has 3 aromatic rings. The summed E-state index contributed by atoms with van der Waals surface area (Å²) in [5.74, 6) is 0.910. The van der Waals surface area contributed by atoms with Gasteiger partial charge in [-0.05, 0) is 18.2 Å². The van der Waals surface area contributed by atoms with Crippen molar-refractivity contribution in [1.82, 2.24) is 19.7 Å². The number of aliphatic hydroxyl groups is 1. The van der Waals surface area contributed by atoms with E-state index in [9.17, 15) is 18.3 Å². The standard InChI is InChI=1S/C23H21BrClF3N6O/c24-15-5-6-17-19(20(15)23(26,27)28)21(14-3-1-2-4-16(14)25)29-13-18-30-31-22(34(17)18)33-9-7-32(8-10-33)11-12-35/h1-6,35H,7-13H2. The minimum absolute atomic E-state index is 0.0433. The summed E-state index contributed by atoms with van der Waals surface area (Å²) in [6.07, 6.45) is -4.65. The lowest BCUT2D eigenvalue weighted by atomic mass is 9.95. The molecule has 0 amide bonds. The third kappa shape index (κ3) is 4.46. The van der Waals surface area contributed by atoms with Gasteiger partial charge in [0.2, 0.25) is 5.95 Å². The van der Waals surface area contributed by atoms with E-state index in [0.29, 0.717) is 60.8 Å². The first-order valence-electron chi connectivity index (χ1n) is 11.0. The predicted molar refractivity (Wildman–Crippen MR) is 131 cm³/mol. The van der Waals surface area contributed by atoms with E-state index in [4.69, 9.17) is 11.6 Å². The maximum absolute atomic E-state index is 14.4. The van der Waals surface area contributed by atoms with Crippen molar-refractivity contribution in [3.8, 4) is 5.69 Å². The molecule has 1 saturated heterocycles. The van der Waals surface area contributed by atoms with Gasteiger partial charge >= 0.3 is 6.18 Å². The molecule has 5 rings (SSSR count). The molecule has 35 heavy (non-hydrogen) atoms. The molecule has 0 saturated carbocycles. The van der Waals surface area contributed by atoms with Gasteiger partial charge in [-0.1, -0.05) is 45.7 Å². The van der Waals surface area contributed by atoms with Crippen LogP contribution >= 0.6 is 27.5 Å². The number of anilines is 1. The van der Waals surface area contributed by atoms with E-state index in [1.807, 2.05) is 4.90 Å². The Bertz CT molecular complexity index is 1290. The largest absolute Gasteiger partial charge is 0.418 e. The average molecular weight is 570 g/mol. The number of benzene rings is 2. The van der Waals surface area contributed by atoms with Crippen molar-refractivity contribution in [1.29, 1.82) is 0 Å². The van der Waals surface area contributed by atoms with Gasteiger partial charge in [0.1, 0.15) is 6.54 Å². The second-order valence-electron chi connectivity index (χ2n) is 8.26. The highest BCUT2D eigenvalue weighted by atomic mass is 79.9. The summed E-state index contributed by atoms with van der Waals surface area (Å²) in [4.78, 5) is 8.71. The van der Waals surface area contributed by atoms with E-state index >= 15 is 0 Å². The van der Waals surface area contributed by atoms with Crippen LogP contribution < -0.4 is 4.90 Å². The fourth-order valence-corrected chi connectivity index (χ4v) is 5.33. The molecule has 0 unspecified atom stereocenters. The first kappa shape index (κ1) is 24.2. The topological polar surface area (TPSA) is 69.8 Å². The van der Waals surface area contributed by atoms with Crippen LogP contribution in [0.1, 0.15) is 22.5 Å². The molecule has 0 aliphatic carbocycles. The number of aliphatic imine (C=N–C) groups is 1. The maximum Gasteiger partial charge on any atom is 0.418 e. The van der Waals surface area contributed by atoms with Gasteiger partial charge in [0.05, 0.1) is 23.6 Å². The number of hydrogen-bond donors (Lipinski definition) is 1. The summed E-state index contributed by atoms with van der Waals surface area (Å²) in [6.45, 7) is 3.30. The second-order valence-corrected chi connectivity index (χ2v) is 9.52. The number of fused-ring (bicyclic) bond motifs is 3. The van der Waals surface area contributed by atoms with Gasteiger partial charge in [0, 0.05) is 53.3 Å². The molecule has 0 radical (unpaired) electrons. The fourth-order valence-electron chi connectivity index (χ4n) is 4.55. The van der Waals surface area contributed by atoms with E-state index in [1.165, 1.54) is 6.07 Å². The molecule has 0 spiro atoms. The summed E-state index contributed by atoms with van der Waals surface area (Å²) in [5, 5.41) is 18.2. The molecule has 1 N–H and O–H groups in total. The Kier molecular flexibility index (Phi) is 6.60. The smallest absolute Gasteiger partial charge is 0.395 e. The first-order valence-corrected chi connectivity index (χ1v) is 12.2. The van der Waals surface area contributed by atoms with Gasteiger partial charge in [0.25, 0.3) is 0 Å². The number of hydrogen-bond acceptors (Lipinski definition) is 6. The number of aromatic nitrogens is 3. The zero-order valence-corrected chi connectivity index (χ0v) is 20.8.